The highest BCUT2D eigenvalue weighted by Gasteiger charge is 2.13. The molecule has 1 aromatic heterocycles. The van der Waals surface area contributed by atoms with Gasteiger partial charge in [-0.25, -0.2) is 0 Å². The Kier molecular flexibility index (Phi) is 3.82. The van der Waals surface area contributed by atoms with E-state index in [0.29, 0.717) is 0 Å². The molecule has 2 rings (SSSR count). The predicted octanol–water partition coefficient (Wildman–Crippen LogP) is 2.73. The van der Waals surface area contributed by atoms with Crippen LogP contribution in [0.2, 0.25) is 0 Å². The van der Waals surface area contributed by atoms with Crippen molar-refractivity contribution in [1.29, 1.82) is 0 Å². The van der Waals surface area contributed by atoms with Crippen LogP contribution in [0, 0.1) is 6.92 Å². The van der Waals surface area contributed by atoms with Gasteiger partial charge in [0.15, 0.2) is 0 Å². The number of nitrogens with zero attached hydrogens (tertiary/aromatic N) is 2. The molecule has 3 nitrogen and oxygen atoms in total. The summed E-state index contributed by atoms with van der Waals surface area (Å²) in [7, 11) is 1.94. The minimum atomic E-state index is -0.104. The average Bonchev–Trinajstić information content (AvgIpc) is 2.68. The minimum absolute atomic E-state index is 0.104. The maximum atomic E-state index is 6.33. The van der Waals surface area contributed by atoms with Crippen molar-refractivity contribution in [1.82, 2.24) is 9.78 Å². The molecule has 0 spiro atoms. The maximum absolute atomic E-state index is 6.33. The van der Waals surface area contributed by atoms with Crippen LogP contribution >= 0.6 is 0 Å². The van der Waals surface area contributed by atoms with Gasteiger partial charge in [-0.3, -0.25) is 4.68 Å². The van der Waals surface area contributed by atoms with Gasteiger partial charge in [0.2, 0.25) is 0 Å². The molecule has 0 saturated heterocycles. The number of benzene rings is 1. The lowest BCUT2D eigenvalue weighted by Gasteiger charge is -2.13. The van der Waals surface area contributed by atoms with E-state index in [1.54, 1.807) is 0 Å². The highest BCUT2D eigenvalue weighted by Crippen LogP contribution is 2.21. The maximum Gasteiger partial charge on any atom is 0.0723 e. The van der Waals surface area contributed by atoms with Gasteiger partial charge in [0, 0.05) is 7.05 Å². The van der Waals surface area contributed by atoms with Gasteiger partial charge in [-0.15, -0.1) is 0 Å². The molecule has 0 saturated carbocycles. The van der Waals surface area contributed by atoms with E-state index in [4.69, 9.17) is 5.73 Å². The van der Waals surface area contributed by atoms with E-state index in [-0.39, 0.29) is 6.04 Å². The molecule has 1 unspecified atom stereocenters. The summed E-state index contributed by atoms with van der Waals surface area (Å²) in [5.41, 5.74) is 10.9. The van der Waals surface area contributed by atoms with Crippen LogP contribution in [0.3, 0.4) is 0 Å². The summed E-state index contributed by atoms with van der Waals surface area (Å²) < 4.78 is 1.87. The van der Waals surface area contributed by atoms with Crippen molar-refractivity contribution in [3.8, 4) is 0 Å². The van der Waals surface area contributed by atoms with E-state index in [9.17, 15) is 0 Å². The molecule has 1 heterocycles. The van der Waals surface area contributed by atoms with Crippen LogP contribution in [0.4, 0.5) is 0 Å². The Morgan fingerprint density at radius 2 is 2.11 bits per heavy atom. The Morgan fingerprint density at radius 1 is 1.33 bits per heavy atom. The molecule has 2 aromatic rings. The molecule has 0 radical (unpaired) electrons. The highest BCUT2D eigenvalue weighted by atomic mass is 15.3. The van der Waals surface area contributed by atoms with E-state index in [2.05, 4.69) is 42.4 Å². The Hall–Kier alpha value is -1.61. The lowest BCUT2D eigenvalue weighted by Crippen LogP contribution is -2.16. The van der Waals surface area contributed by atoms with Crippen LogP contribution in [0.1, 0.15) is 41.9 Å². The van der Waals surface area contributed by atoms with Gasteiger partial charge in [-0.05, 0) is 30.5 Å². The number of nitrogens with two attached hydrogens (primary N) is 1. The number of hydrogen-bond acceptors (Lipinski definition) is 2. The molecule has 0 aliphatic rings. The summed E-state index contributed by atoms with van der Waals surface area (Å²) in [6.07, 6.45) is 2.26. The van der Waals surface area contributed by atoms with Crippen molar-refractivity contribution in [2.24, 2.45) is 12.8 Å². The molecule has 18 heavy (non-hydrogen) atoms. The zero-order valence-corrected chi connectivity index (χ0v) is 11.4. The summed E-state index contributed by atoms with van der Waals surface area (Å²) in [6.45, 7) is 4.18. The largest absolute Gasteiger partial charge is 0.319 e. The number of hydrogen-bond donors (Lipinski definition) is 1. The van der Waals surface area contributed by atoms with E-state index >= 15 is 0 Å². The summed E-state index contributed by atoms with van der Waals surface area (Å²) in [6, 6.07) is 10.5. The van der Waals surface area contributed by atoms with Gasteiger partial charge in [0.25, 0.3) is 0 Å². The standard InChI is InChI=1S/C15H21N3/c1-4-6-12-7-5-8-13(10-12)15(16)14-9-11(2)17-18(14)3/h5,7-10,15H,4,6,16H2,1-3H3. The highest BCUT2D eigenvalue weighted by molar-refractivity contribution is 5.32. The summed E-state index contributed by atoms with van der Waals surface area (Å²) >= 11 is 0. The van der Waals surface area contributed by atoms with Gasteiger partial charge in [0.1, 0.15) is 0 Å². The van der Waals surface area contributed by atoms with Crippen LogP contribution in [-0.2, 0) is 13.5 Å². The van der Waals surface area contributed by atoms with Gasteiger partial charge < -0.3 is 5.73 Å². The molecule has 3 heteroatoms. The normalized spacial score (nSPS) is 12.7. The summed E-state index contributed by atoms with van der Waals surface area (Å²) in [5.74, 6) is 0. The zero-order valence-electron chi connectivity index (χ0n) is 11.4. The van der Waals surface area contributed by atoms with Crippen molar-refractivity contribution in [3.05, 3.63) is 52.8 Å². The van der Waals surface area contributed by atoms with Crippen molar-refractivity contribution in [3.63, 3.8) is 0 Å². The molecular formula is C15H21N3. The molecule has 96 valence electrons. The van der Waals surface area contributed by atoms with Crippen LogP contribution in [0.15, 0.2) is 30.3 Å². The minimum Gasteiger partial charge on any atom is -0.319 e. The van der Waals surface area contributed by atoms with E-state index < -0.39 is 0 Å². The third kappa shape index (κ3) is 2.62. The fourth-order valence-electron chi connectivity index (χ4n) is 2.32. The average molecular weight is 243 g/mol. The topological polar surface area (TPSA) is 43.8 Å². The lowest BCUT2D eigenvalue weighted by atomic mass is 10.00. The van der Waals surface area contributed by atoms with E-state index in [1.807, 2.05) is 18.7 Å². The first-order valence-electron chi connectivity index (χ1n) is 6.46. The van der Waals surface area contributed by atoms with E-state index in [0.717, 1.165) is 29.8 Å². The van der Waals surface area contributed by atoms with Gasteiger partial charge >= 0.3 is 0 Å². The smallest absolute Gasteiger partial charge is 0.0723 e. The molecule has 0 bridgehead atoms. The molecule has 0 aliphatic heterocycles. The van der Waals surface area contributed by atoms with Crippen LogP contribution in [-0.4, -0.2) is 9.78 Å². The monoisotopic (exact) mass is 243 g/mol. The Balaban J connectivity index is 2.30. The lowest BCUT2D eigenvalue weighted by molar-refractivity contribution is 0.668. The molecule has 0 amide bonds. The van der Waals surface area contributed by atoms with Crippen molar-refractivity contribution in [2.75, 3.05) is 0 Å². The second-order valence-corrected chi connectivity index (χ2v) is 4.81. The summed E-state index contributed by atoms with van der Waals surface area (Å²) in [4.78, 5) is 0. The first-order chi connectivity index (χ1) is 8.61. The van der Waals surface area contributed by atoms with Crippen LogP contribution < -0.4 is 5.73 Å². The fourth-order valence-corrected chi connectivity index (χ4v) is 2.32. The fraction of sp³-hybridized carbons (Fsp3) is 0.400. The van der Waals surface area contributed by atoms with E-state index in [1.165, 1.54) is 5.56 Å². The van der Waals surface area contributed by atoms with Crippen molar-refractivity contribution in [2.45, 2.75) is 32.7 Å². The SMILES string of the molecule is CCCc1cccc(C(N)c2cc(C)nn2C)c1. The molecule has 1 aromatic carbocycles. The first-order valence-corrected chi connectivity index (χ1v) is 6.46. The van der Waals surface area contributed by atoms with Gasteiger partial charge in [-0.1, -0.05) is 37.6 Å². The van der Waals surface area contributed by atoms with Gasteiger partial charge in [-0.2, -0.15) is 5.10 Å². The van der Waals surface area contributed by atoms with Crippen molar-refractivity contribution >= 4 is 0 Å². The molecule has 2 N–H and O–H groups in total. The number of aromatic nitrogens is 2. The molecule has 1 atom stereocenters. The van der Waals surface area contributed by atoms with Crippen LogP contribution in [0.25, 0.3) is 0 Å². The molecular weight excluding hydrogens is 222 g/mol. The molecule has 0 fully saturated rings. The third-order valence-corrected chi connectivity index (χ3v) is 3.21. The number of aryl methyl sites for hydroxylation is 3. The third-order valence-electron chi connectivity index (χ3n) is 3.21. The van der Waals surface area contributed by atoms with Crippen LogP contribution in [0.5, 0.6) is 0 Å². The van der Waals surface area contributed by atoms with Gasteiger partial charge in [0.05, 0.1) is 17.4 Å². The predicted molar refractivity (Wildman–Crippen MR) is 74.4 cm³/mol. The second-order valence-electron chi connectivity index (χ2n) is 4.81. The zero-order chi connectivity index (χ0) is 13.1. The Morgan fingerprint density at radius 3 is 2.72 bits per heavy atom. The first kappa shape index (κ1) is 12.8. The number of rotatable bonds is 4. The summed E-state index contributed by atoms with van der Waals surface area (Å²) in [5, 5.41) is 4.35. The quantitative estimate of drug-likeness (QED) is 0.897. The molecule has 0 aliphatic carbocycles. The Labute approximate surface area is 109 Å². The second kappa shape index (κ2) is 5.36. The van der Waals surface area contributed by atoms with Crippen molar-refractivity contribution < 1.29 is 0 Å². The Bertz CT molecular complexity index is 528.